The summed E-state index contributed by atoms with van der Waals surface area (Å²) in [7, 11) is 1.56. The molecule has 0 saturated carbocycles. The number of nitrogens with zero attached hydrogens (tertiary/aromatic N) is 2. The Morgan fingerprint density at radius 3 is 3.08 bits per heavy atom. The van der Waals surface area contributed by atoms with Crippen LogP contribution in [-0.2, 0) is 4.84 Å². The molecule has 1 aromatic heterocycles. The summed E-state index contributed by atoms with van der Waals surface area (Å²) in [5, 5.41) is 7.39. The van der Waals surface area contributed by atoms with Crippen LogP contribution in [0.3, 0.4) is 0 Å². The Kier molecular flexibility index (Phi) is 2.82. The second-order valence-electron chi connectivity index (χ2n) is 2.19. The van der Waals surface area contributed by atoms with Crippen LogP contribution in [-0.4, -0.2) is 34.8 Å². The Morgan fingerprint density at radius 1 is 1.83 bits per heavy atom. The molecular formula is C7H11N3O2. The number of H-pyrrole nitrogens is 1. The topological polar surface area (TPSA) is 58.2 Å². The lowest BCUT2D eigenvalue weighted by molar-refractivity contribution is -0.100. The van der Waals surface area contributed by atoms with Crippen LogP contribution in [0, 0.1) is 0 Å². The minimum atomic E-state index is -0.227. The molecule has 0 spiro atoms. The van der Waals surface area contributed by atoms with Crippen molar-refractivity contribution in [1.29, 1.82) is 0 Å². The third-order valence-corrected chi connectivity index (χ3v) is 1.34. The van der Waals surface area contributed by atoms with Gasteiger partial charge >= 0.3 is 0 Å². The van der Waals surface area contributed by atoms with Crippen molar-refractivity contribution in [3.05, 3.63) is 18.0 Å². The molecule has 1 N–H and O–H groups in total. The first-order chi connectivity index (χ1) is 5.75. The number of nitrogens with one attached hydrogen (secondary N) is 1. The van der Waals surface area contributed by atoms with Crippen molar-refractivity contribution in [2.75, 3.05) is 13.7 Å². The van der Waals surface area contributed by atoms with Crippen LogP contribution in [0.15, 0.2) is 12.3 Å². The number of aromatic amines is 1. The van der Waals surface area contributed by atoms with Crippen LogP contribution in [0.25, 0.3) is 0 Å². The molecule has 0 aromatic carbocycles. The van der Waals surface area contributed by atoms with E-state index in [9.17, 15) is 4.79 Å². The Labute approximate surface area is 70.3 Å². The van der Waals surface area contributed by atoms with Crippen molar-refractivity contribution >= 4 is 5.91 Å². The third kappa shape index (κ3) is 1.82. The fourth-order valence-electron chi connectivity index (χ4n) is 0.797. The quantitative estimate of drug-likeness (QED) is 0.667. The van der Waals surface area contributed by atoms with Gasteiger partial charge in [-0.2, -0.15) is 5.10 Å². The van der Waals surface area contributed by atoms with Gasteiger partial charge < -0.3 is 0 Å². The summed E-state index contributed by atoms with van der Waals surface area (Å²) < 4.78 is 0. The monoisotopic (exact) mass is 169 g/mol. The SMILES string of the molecule is CCON(C)C(=O)c1ccn[nH]1. The maximum atomic E-state index is 11.3. The molecular weight excluding hydrogens is 158 g/mol. The van der Waals surface area contributed by atoms with Crippen molar-refractivity contribution < 1.29 is 9.63 Å². The number of amides is 1. The average Bonchev–Trinajstić information content (AvgIpc) is 2.55. The first-order valence-corrected chi connectivity index (χ1v) is 3.66. The molecule has 0 aliphatic rings. The van der Waals surface area contributed by atoms with E-state index >= 15 is 0 Å². The van der Waals surface area contributed by atoms with Crippen LogP contribution in [0.4, 0.5) is 0 Å². The minimum absolute atomic E-state index is 0.227. The van der Waals surface area contributed by atoms with E-state index in [1.807, 2.05) is 6.92 Å². The van der Waals surface area contributed by atoms with Gasteiger partial charge in [0.15, 0.2) is 0 Å². The summed E-state index contributed by atoms with van der Waals surface area (Å²) in [5.74, 6) is -0.227. The fourth-order valence-corrected chi connectivity index (χ4v) is 0.797. The van der Waals surface area contributed by atoms with Crippen LogP contribution in [0.5, 0.6) is 0 Å². The van der Waals surface area contributed by atoms with E-state index in [1.165, 1.54) is 11.3 Å². The molecule has 1 heterocycles. The first kappa shape index (κ1) is 8.73. The molecule has 12 heavy (non-hydrogen) atoms. The standard InChI is InChI=1S/C7H11N3O2/c1-3-12-10(2)7(11)6-4-5-8-9-6/h4-5H,3H2,1-2H3,(H,8,9). The summed E-state index contributed by atoms with van der Waals surface area (Å²) in [6, 6.07) is 1.60. The fraction of sp³-hybridized carbons (Fsp3) is 0.429. The first-order valence-electron chi connectivity index (χ1n) is 3.66. The van der Waals surface area contributed by atoms with E-state index in [1.54, 1.807) is 13.1 Å². The van der Waals surface area contributed by atoms with E-state index < -0.39 is 0 Å². The smallest absolute Gasteiger partial charge is 0.273 e. The second kappa shape index (κ2) is 3.87. The second-order valence-corrected chi connectivity index (χ2v) is 2.19. The van der Waals surface area contributed by atoms with E-state index in [4.69, 9.17) is 4.84 Å². The molecule has 0 atom stereocenters. The molecule has 0 saturated heterocycles. The molecule has 0 unspecified atom stereocenters. The minimum Gasteiger partial charge on any atom is -0.273 e. The zero-order valence-electron chi connectivity index (χ0n) is 7.07. The van der Waals surface area contributed by atoms with Crippen molar-refractivity contribution in [3.63, 3.8) is 0 Å². The lowest BCUT2D eigenvalue weighted by Gasteiger charge is -2.13. The van der Waals surface area contributed by atoms with Gasteiger partial charge in [0.2, 0.25) is 0 Å². The molecule has 5 nitrogen and oxygen atoms in total. The van der Waals surface area contributed by atoms with Gasteiger partial charge in [0.05, 0.1) is 6.61 Å². The van der Waals surface area contributed by atoms with Gasteiger partial charge in [-0.15, -0.1) is 0 Å². The molecule has 1 rings (SSSR count). The highest BCUT2D eigenvalue weighted by molar-refractivity contribution is 5.91. The van der Waals surface area contributed by atoms with E-state index in [0.29, 0.717) is 12.3 Å². The lowest BCUT2D eigenvalue weighted by atomic mass is 10.4. The number of hydroxylamine groups is 2. The van der Waals surface area contributed by atoms with E-state index in [0.717, 1.165) is 0 Å². The van der Waals surface area contributed by atoms with E-state index in [-0.39, 0.29) is 5.91 Å². The number of aromatic nitrogens is 2. The Hall–Kier alpha value is -1.36. The maximum absolute atomic E-state index is 11.3. The Morgan fingerprint density at radius 2 is 2.58 bits per heavy atom. The van der Waals surface area contributed by atoms with Gasteiger partial charge in [0.25, 0.3) is 5.91 Å². The predicted octanol–water partition coefficient (Wildman–Crippen LogP) is 0.433. The zero-order chi connectivity index (χ0) is 8.97. The van der Waals surface area contributed by atoms with Gasteiger partial charge in [-0.3, -0.25) is 14.7 Å². The van der Waals surface area contributed by atoms with Crippen molar-refractivity contribution in [2.24, 2.45) is 0 Å². The van der Waals surface area contributed by atoms with Gasteiger partial charge in [-0.05, 0) is 13.0 Å². The zero-order valence-corrected chi connectivity index (χ0v) is 7.07. The lowest BCUT2D eigenvalue weighted by Crippen LogP contribution is -2.27. The average molecular weight is 169 g/mol. The summed E-state index contributed by atoms with van der Waals surface area (Å²) in [6.07, 6.45) is 1.52. The van der Waals surface area contributed by atoms with Crippen molar-refractivity contribution in [2.45, 2.75) is 6.92 Å². The number of hydrogen-bond acceptors (Lipinski definition) is 3. The molecule has 0 aliphatic heterocycles. The van der Waals surface area contributed by atoms with Crippen LogP contribution in [0.1, 0.15) is 17.4 Å². The predicted molar refractivity (Wildman–Crippen MR) is 42.3 cm³/mol. The van der Waals surface area contributed by atoms with E-state index in [2.05, 4.69) is 10.2 Å². The van der Waals surface area contributed by atoms with Crippen LogP contribution >= 0.6 is 0 Å². The summed E-state index contributed by atoms with van der Waals surface area (Å²) in [6.45, 7) is 2.28. The number of carbonyl (C=O) groups excluding carboxylic acids is 1. The Balaban J connectivity index is 2.59. The van der Waals surface area contributed by atoms with Crippen molar-refractivity contribution in [3.8, 4) is 0 Å². The summed E-state index contributed by atoms with van der Waals surface area (Å²) in [5.41, 5.74) is 0.422. The van der Waals surface area contributed by atoms with Crippen LogP contribution < -0.4 is 0 Å². The molecule has 0 radical (unpaired) electrons. The normalized spacial score (nSPS) is 9.83. The molecule has 5 heteroatoms. The van der Waals surface area contributed by atoms with Gasteiger partial charge in [0, 0.05) is 13.2 Å². The molecule has 0 bridgehead atoms. The number of carbonyl (C=O) groups is 1. The highest BCUT2D eigenvalue weighted by Crippen LogP contribution is 1.98. The molecule has 66 valence electrons. The summed E-state index contributed by atoms with van der Waals surface area (Å²) in [4.78, 5) is 16.3. The molecule has 0 fully saturated rings. The number of hydrogen-bond donors (Lipinski definition) is 1. The van der Waals surface area contributed by atoms with Crippen LogP contribution in [0.2, 0.25) is 0 Å². The highest BCUT2D eigenvalue weighted by Gasteiger charge is 2.12. The third-order valence-electron chi connectivity index (χ3n) is 1.34. The van der Waals surface area contributed by atoms with Gasteiger partial charge in [-0.25, -0.2) is 5.06 Å². The molecule has 1 aromatic rings. The Bertz CT molecular complexity index is 245. The number of rotatable bonds is 3. The molecule has 0 aliphatic carbocycles. The van der Waals surface area contributed by atoms with Gasteiger partial charge in [-0.1, -0.05) is 0 Å². The highest BCUT2D eigenvalue weighted by atomic mass is 16.7. The van der Waals surface area contributed by atoms with Crippen molar-refractivity contribution in [1.82, 2.24) is 15.3 Å². The maximum Gasteiger partial charge on any atom is 0.295 e. The summed E-state index contributed by atoms with van der Waals surface area (Å²) >= 11 is 0. The largest absolute Gasteiger partial charge is 0.295 e. The van der Waals surface area contributed by atoms with Gasteiger partial charge in [0.1, 0.15) is 5.69 Å². The molecule has 1 amide bonds.